The van der Waals surface area contributed by atoms with Gasteiger partial charge in [-0.25, -0.2) is 4.39 Å². The fourth-order valence-corrected chi connectivity index (χ4v) is 4.55. The van der Waals surface area contributed by atoms with E-state index in [2.05, 4.69) is 29.2 Å². The van der Waals surface area contributed by atoms with Crippen LogP contribution in [0.2, 0.25) is 0 Å². The molecule has 0 fully saturated rings. The molecule has 2 bridgehead atoms. The molecule has 3 aromatic carbocycles. The lowest BCUT2D eigenvalue weighted by atomic mass is 9.98. The van der Waals surface area contributed by atoms with Crippen LogP contribution in [0.1, 0.15) is 22.3 Å². The van der Waals surface area contributed by atoms with Crippen LogP contribution in [0, 0.1) is 5.82 Å². The van der Waals surface area contributed by atoms with Crippen LogP contribution in [0.25, 0.3) is 11.1 Å². The number of rotatable bonds is 3. The van der Waals surface area contributed by atoms with E-state index in [1.807, 2.05) is 36.5 Å². The average molecular weight is 497 g/mol. The summed E-state index contributed by atoms with van der Waals surface area (Å²) in [5.74, 6) is 0.340. The van der Waals surface area contributed by atoms with Crippen molar-refractivity contribution in [3.8, 4) is 16.9 Å². The van der Waals surface area contributed by atoms with Gasteiger partial charge in [0.05, 0.1) is 19.6 Å². The van der Waals surface area contributed by atoms with E-state index in [4.69, 9.17) is 9.47 Å². The number of halogens is 1. The van der Waals surface area contributed by atoms with Gasteiger partial charge in [-0.15, -0.1) is 0 Å². The van der Waals surface area contributed by atoms with Gasteiger partial charge in [-0.2, -0.15) is 0 Å². The molecule has 1 amide bonds. The zero-order valence-electron chi connectivity index (χ0n) is 20.6. The molecule has 5 nitrogen and oxygen atoms in total. The molecule has 6 heteroatoms. The first-order valence-electron chi connectivity index (χ1n) is 12.5. The van der Waals surface area contributed by atoms with Crippen molar-refractivity contribution in [1.82, 2.24) is 9.88 Å². The predicted molar refractivity (Wildman–Crippen MR) is 141 cm³/mol. The van der Waals surface area contributed by atoms with E-state index in [1.165, 1.54) is 6.07 Å². The van der Waals surface area contributed by atoms with Gasteiger partial charge < -0.3 is 14.4 Å². The van der Waals surface area contributed by atoms with Crippen LogP contribution < -0.4 is 4.74 Å². The largest absolute Gasteiger partial charge is 0.491 e. The number of nitrogens with zero attached hydrogens (tertiary/aromatic N) is 2. The minimum atomic E-state index is -0.363. The summed E-state index contributed by atoms with van der Waals surface area (Å²) in [5, 5.41) is 0. The lowest BCUT2D eigenvalue weighted by Crippen LogP contribution is -2.35. The van der Waals surface area contributed by atoms with Crippen LogP contribution >= 0.6 is 0 Å². The number of fused-ring (bicyclic) bond motifs is 3. The lowest BCUT2D eigenvalue weighted by Gasteiger charge is -2.24. The highest BCUT2D eigenvalue weighted by molar-refractivity contribution is 5.79. The molecule has 0 saturated heterocycles. The molecule has 1 aliphatic heterocycles. The number of ether oxygens (including phenoxy) is 2. The maximum Gasteiger partial charge on any atom is 0.227 e. The Morgan fingerprint density at radius 2 is 1.78 bits per heavy atom. The summed E-state index contributed by atoms with van der Waals surface area (Å²) in [6, 6.07) is 24.8. The normalized spacial score (nSPS) is 14.2. The second-order valence-corrected chi connectivity index (χ2v) is 9.11. The minimum Gasteiger partial charge on any atom is -0.491 e. The second-order valence-electron chi connectivity index (χ2n) is 9.11. The zero-order chi connectivity index (χ0) is 25.5. The highest BCUT2D eigenvalue weighted by Crippen LogP contribution is 2.29. The van der Waals surface area contributed by atoms with Crippen molar-refractivity contribution in [3.05, 3.63) is 119 Å². The van der Waals surface area contributed by atoms with Crippen LogP contribution in [-0.4, -0.2) is 42.2 Å². The molecular formula is C31H29FN2O3. The van der Waals surface area contributed by atoms with Crippen LogP contribution in [-0.2, 0) is 28.9 Å². The first-order chi connectivity index (χ1) is 18.2. The Morgan fingerprint density at radius 1 is 0.892 bits per heavy atom. The quantitative estimate of drug-likeness (QED) is 0.378. The molecule has 0 N–H and O–H groups in total. The Balaban J connectivity index is 1.41. The molecule has 2 heterocycles. The number of hydrogen-bond acceptors (Lipinski definition) is 4. The van der Waals surface area contributed by atoms with Gasteiger partial charge in [-0.05, 0) is 52.1 Å². The summed E-state index contributed by atoms with van der Waals surface area (Å²) in [4.78, 5) is 19.2. The van der Waals surface area contributed by atoms with Crippen LogP contribution in [0.4, 0.5) is 4.39 Å². The minimum absolute atomic E-state index is 0.0139. The molecule has 1 aromatic heterocycles. The Labute approximate surface area is 216 Å². The molecular weight excluding hydrogens is 467 g/mol. The van der Waals surface area contributed by atoms with E-state index >= 15 is 0 Å². The third-order valence-electron chi connectivity index (χ3n) is 6.46. The van der Waals surface area contributed by atoms with Crippen LogP contribution in [0.15, 0.2) is 91.3 Å². The van der Waals surface area contributed by atoms with Gasteiger partial charge >= 0.3 is 0 Å². The molecule has 0 unspecified atom stereocenters. The zero-order valence-corrected chi connectivity index (χ0v) is 20.6. The highest BCUT2D eigenvalue weighted by atomic mass is 19.1. The number of carbonyl (C=O) groups is 1. The summed E-state index contributed by atoms with van der Waals surface area (Å²) in [6.07, 6.45) is 4.32. The fraction of sp³-hybridized carbons (Fsp3) is 0.226. The van der Waals surface area contributed by atoms with Crippen molar-refractivity contribution in [2.24, 2.45) is 0 Å². The van der Waals surface area contributed by atoms with Gasteiger partial charge in [0, 0.05) is 37.5 Å². The molecule has 5 rings (SSSR count). The van der Waals surface area contributed by atoms with Gasteiger partial charge in [0.1, 0.15) is 18.2 Å². The van der Waals surface area contributed by atoms with E-state index in [1.54, 1.807) is 29.3 Å². The number of aromatic nitrogens is 1. The lowest BCUT2D eigenvalue weighted by molar-refractivity contribution is -0.132. The maximum atomic E-state index is 14.2. The molecule has 188 valence electrons. The summed E-state index contributed by atoms with van der Waals surface area (Å²) >= 11 is 0. The number of benzene rings is 3. The van der Waals surface area contributed by atoms with Crippen LogP contribution in [0.3, 0.4) is 0 Å². The van der Waals surface area contributed by atoms with E-state index in [0.29, 0.717) is 44.9 Å². The molecule has 0 spiro atoms. The van der Waals surface area contributed by atoms with E-state index in [-0.39, 0.29) is 18.1 Å². The highest BCUT2D eigenvalue weighted by Gasteiger charge is 2.17. The topological polar surface area (TPSA) is 51.7 Å². The maximum absolute atomic E-state index is 14.2. The molecule has 0 aliphatic carbocycles. The van der Waals surface area contributed by atoms with Gasteiger partial charge in [-0.1, -0.05) is 54.6 Å². The fourth-order valence-electron chi connectivity index (χ4n) is 4.55. The summed E-state index contributed by atoms with van der Waals surface area (Å²) in [6.45, 7) is 2.04. The van der Waals surface area contributed by atoms with E-state index in [9.17, 15) is 9.18 Å². The van der Waals surface area contributed by atoms with Gasteiger partial charge in [0.15, 0.2) is 0 Å². The SMILES string of the molecule is O=C(Cc1ccccc1F)N1CCOCCOc2ccc(-c3cccnc3)cc2Cc2cccc(c2)C1. The molecule has 37 heavy (non-hydrogen) atoms. The predicted octanol–water partition coefficient (Wildman–Crippen LogP) is 5.46. The summed E-state index contributed by atoms with van der Waals surface area (Å²) in [5.41, 5.74) is 5.74. The van der Waals surface area contributed by atoms with Gasteiger partial charge in [0.25, 0.3) is 0 Å². The van der Waals surface area contributed by atoms with Crippen molar-refractivity contribution < 1.29 is 18.7 Å². The van der Waals surface area contributed by atoms with Crippen LogP contribution in [0.5, 0.6) is 5.75 Å². The molecule has 4 aromatic rings. The number of hydrogen-bond donors (Lipinski definition) is 0. The van der Waals surface area contributed by atoms with E-state index in [0.717, 1.165) is 33.6 Å². The Hall–Kier alpha value is -4.03. The van der Waals surface area contributed by atoms with Crippen molar-refractivity contribution in [1.29, 1.82) is 0 Å². The van der Waals surface area contributed by atoms with Crippen molar-refractivity contribution in [3.63, 3.8) is 0 Å². The smallest absolute Gasteiger partial charge is 0.227 e. The molecule has 0 radical (unpaired) electrons. The monoisotopic (exact) mass is 496 g/mol. The Kier molecular flexibility index (Phi) is 7.87. The molecule has 0 atom stereocenters. The van der Waals surface area contributed by atoms with Gasteiger partial charge in [-0.3, -0.25) is 9.78 Å². The Bertz CT molecular complexity index is 1360. The first kappa shape index (κ1) is 24.7. The van der Waals surface area contributed by atoms with Gasteiger partial charge in [0.2, 0.25) is 5.91 Å². The van der Waals surface area contributed by atoms with Crippen molar-refractivity contribution >= 4 is 5.91 Å². The number of amides is 1. The second kappa shape index (κ2) is 11.8. The molecule has 0 saturated carbocycles. The van der Waals surface area contributed by atoms with Crippen molar-refractivity contribution in [2.45, 2.75) is 19.4 Å². The number of pyridine rings is 1. The summed E-state index contributed by atoms with van der Waals surface area (Å²) in [7, 11) is 0. The summed E-state index contributed by atoms with van der Waals surface area (Å²) < 4.78 is 26.1. The van der Waals surface area contributed by atoms with E-state index < -0.39 is 0 Å². The third-order valence-corrected chi connectivity index (χ3v) is 6.46. The Morgan fingerprint density at radius 3 is 2.65 bits per heavy atom. The number of carbonyl (C=O) groups excluding carboxylic acids is 1. The average Bonchev–Trinajstić information content (AvgIpc) is 2.92. The first-order valence-corrected chi connectivity index (χ1v) is 12.5. The molecule has 1 aliphatic rings. The third kappa shape index (κ3) is 6.40. The standard InChI is InChI=1S/C31H29FN2O3/c32-29-9-2-1-7-26(29)20-31(35)34-13-14-36-15-16-37-30-11-10-25(27-8-4-12-33-21-27)19-28(30)18-23-5-3-6-24(17-23)22-34/h1-12,17,19,21H,13-16,18,20,22H2. The van der Waals surface area contributed by atoms with Crippen molar-refractivity contribution in [2.75, 3.05) is 26.4 Å².